The standard InChI is InChI=1S/C15H16N2O3/c1-16-8-3-4-12(16)14(18)13-6-5-11-10(15(19)20-2)7-9-17(11)13/h3-6,8,10H,7,9H2,1-2H3. The summed E-state index contributed by atoms with van der Waals surface area (Å²) in [5.41, 5.74) is 2.15. The third-order valence-corrected chi connectivity index (χ3v) is 3.91. The molecule has 0 fully saturated rings. The lowest BCUT2D eigenvalue weighted by atomic mass is 10.1. The van der Waals surface area contributed by atoms with Gasteiger partial charge in [0.1, 0.15) is 0 Å². The lowest BCUT2D eigenvalue weighted by Crippen LogP contribution is -2.13. The molecule has 20 heavy (non-hydrogen) atoms. The first-order valence-electron chi connectivity index (χ1n) is 6.56. The highest BCUT2D eigenvalue weighted by Crippen LogP contribution is 2.32. The molecule has 2 aromatic rings. The second kappa shape index (κ2) is 4.67. The van der Waals surface area contributed by atoms with Gasteiger partial charge in [-0.2, -0.15) is 0 Å². The Morgan fingerprint density at radius 3 is 2.70 bits per heavy atom. The van der Waals surface area contributed by atoms with E-state index >= 15 is 0 Å². The van der Waals surface area contributed by atoms with Gasteiger partial charge in [-0.1, -0.05) is 0 Å². The van der Waals surface area contributed by atoms with Crippen molar-refractivity contribution in [2.24, 2.45) is 7.05 Å². The molecule has 3 rings (SSSR count). The number of aromatic nitrogens is 2. The van der Waals surface area contributed by atoms with Crippen LogP contribution in [0, 0.1) is 0 Å². The minimum absolute atomic E-state index is 0.0192. The Kier molecular flexibility index (Phi) is 2.97. The van der Waals surface area contributed by atoms with Crippen LogP contribution in [-0.2, 0) is 23.1 Å². The van der Waals surface area contributed by atoms with E-state index in [4.69, 9.17) is 4.74 Å². The van der Waals surface area contributed by atoms with Gasteiger partial charge in [0.05, 0.1) is 24.4 Å². The second-order valence-corrected chi connectivity index (χ2v) is 4.99. The summed E-state index contributed by atoms with van der Waals surface area (Å²) >= 11 is 0. The van der Waals surface area contributed by atoms with E-state index in [-0.39, 0.29) is 17.7 Å². The van der Waals surface area contributed by atoms with Crippen LogP contribution in [0.2, 0.25) is 0 Å². The fourth-order valence-electron chi connectivity index (χ4n) is 2.85. The number of esters is 1. The van der Waals surface area contributed by atoms with Gasteiger partial charge >= 0.3 is 5.97 Å². The van der Waals surface area contributed by atoms with Crippen molar-refractivity contribution in [2.75, 3.05) is 7.11 Å². The molecule has 0 radical (unpaired) electrons. The Balaban J connectivity index is 1.97. The molecule has 104 valence electrons. The topological polar surface area (TPSA) is 53.2 Å². The maximum Gasteiger partial charge on any atom is 0.314 e. The van der Waals surface area contributed by atoms with E-state index in [2.05, 4.69) is 0 Å². The van der Waals surface area contributed by atoms with Crippen molar-refractivity contribution < 1.29 is 14.3 Å². The number of rotatable bonds is 3. The summed E-state index contributed by atoms with van der Waals surface area (Å²) in [6, 6.07) is 7.29. The number of hydrogen-bond donors (Lipinski definition) is 0. The van der Waals surface area contributed by atoms with E-state index in [0.29, 0.717) is 24.4 Å². The Morgan fingerprint density at radius 2 is 2.05 bits per heavy atom. The number of ketones is 1. The molecule has 0 saturated carbocycles. The lowest BCUT2D eigenvalue weighted by Gasteiger charge is -2.07. The van der Waals surface area contributed by atoms with Crippen molar-refractivity contribution in [3.8, 4) is 0 Å². The van der Waals surface area contributed by atoms with Gasteiger partial charge in [-0.05, 0) is 30.7 Å². The summed E-state index contributed by atoms with van der Waals surface area (Å²) in [7, 11) is 3.24. The van der Waals surface area contributed by atoms with Crippen LogP contribution < -0.4 is 0 Å². The normalized spacial score (nSPS) is 17.0. The third kappa shape index (κ3) is 1.78. The smallest absolute Gasteiger partial charge is 0.314 e. The number of fused-ring (bicyclic) bond motifs is 1. The maximum atomic E-state index is 12.5. The minimum Gasteiger partial charge on any atom is -0.469 e. The molecule has 3 heterocycles. The van der Waals surface area contributed by atoms with E-state index in [1.165, 1.54) is 7.11 Å². The highest BCUT2D eigenvalue weighted by molar-refractivity contribution is 6.07. The van der Waals surface area contributed by atoms with Gasteiger partial charge in [-0.25, -0.2) is 0 Å². The molecule has 1 aliphatic heterocycles. The Hall–Kier alpha value is -2.30. The van der Waals surface area contributed by atoms with Gasteiger partial charge in [-0.15, -0.1) is 0 Å². The average Bonchev–Trinajstić information content (AvgIpc) is 3.12. The molecule has 0 saturated heterocycles. The van der Waals surface area contributed by atoms with Crippen molar-refractivity contribution >= 4 is 11.8 Å². The summed E-state index contributed by atoms with van der Waals surface area (Å²) in [6.07, 6.45) is 2.54. The third-order valence-electron chi connectivity index (χ3n) is 3.91. The van der Waals surface area contributed by atoms with Gasteiger partial charge < -0.3 is 13.9 Å². The molecule has 0 bridgehead atoms. The number of methoxy groups -OCH3 is 1. The largest absolute Gasteiger partial charge is 0.469 e. The number of ether oxygens (including phenoxy) is 1. The van der Waals surface area contributed by atoms with Crippen molar-refractivity contribution in [1.82, 2.24) is 9.13 Å². The molecule has 0 spiro atoms. The van der Waals surface area contributed by atoms with Crippen LogP contribution >= 0.6 is 0 Å². The monoisotopic (exact) mass is 272 g/mol. The number of nitrogens with zero attached hydrogens (tertiary/aromatic N) is 2. The van der Waals surface area contributed by atoms with Crippen molar-refractivity contribution in [1.29, 1.82) is 0 Å². The van der Waals surface area contributed by atoms with Gasteiger partial charge in [0.25, 0.3) is 0 Å². The van der Waals surface area contributed by atoms with Crippen LogP contribution in [0.15, 0.2) is 30.5 Å². The highest BCUT2D eigenvalue weighted by atomic mass is 16.5. The van der Waals surface area contributed by atoms with Crippen LogP contribution in [0.5, 0.6) is 0 Å². The van der Waals surface area contributed by atoms with Crippen LogP contribution in [0.25, 0.3) is 0 Å². The molecule has 0 amide bonds. The summed E-state index contributed by atoms with van der Waals surface area (Å²) in [4.78, 5) is 24.3. The van der Waals surface area contributed by atoms with Gasteiger partial charge in [-0.3, -0.25) is 9.59 Å². The summed E-state index contributed by atoms with van der Waals surface area (Å²) in [5, 5.41) is 0. The molecule has 2 aromatic heterocycles. The van der Waals surface area contributed by atoms with Crippen molar-refractivity contribution in [3.05, 3.63) is 47.5 Å². The zero-order valence-corrected chi connectivity index (χ0v) is 11.5. The molecular formula is C15H16N2O3. The first-order valence-corrected chi connectivity index (χ1v) is 6.56. The Morgan fingerprint density at radius 1 is 1.25 bits per heavy atom. The molecule has 1 aliphatic rings. The van der Waals surface area contributed by atoms with Crippen LogP contribution in [0.4, 0.5) is 0 Å². The SMILES string of the molecule is COC(=O)C1CCn2c(C(=O)c3cccn3C)ccc21. The number of aryl methyl sites for hydroxylation is 1. The summed E-state index contributed by atoms with van der Waals surface area (Å²) in [5.74, 6) is -0.510. The van der Waals surface area contributed by atoms with E-state index in [1.807, 2.05) is 29.9 Å². The summed E-state index contributed by atoms with van der Waals surface area (Å²) in [6.45, 7) is 0.674. The van der Waals surface area contributed by atoms with Crippen molar-refractivity contribution in [3.63, 3.8) is 0 Å². The number of hydrogen-bond acceptors (Lipinski definition) is 3. The second-order valence-electron chi connectivity index (χ2n) is 4.99. The molecule has 1 atom stereocenters. The first-order chi connectivity index (χ1) is 9.63. The molecule has 5 heteroatoms. The van der Waals surface area contributed by atoms with Crippen LogP contribution in [0.1, 0.15) is 34.2 Å². The average molecular weight is 272 g/mol. The minimum atomic E-state index is -0.255. The molecule has 0 N–H and O–H groups in total. The zero-order valence-electron chi connectivity index (χ0n) is 11.5. The highest BCUT2D eigenvalue weighted by Gasteiger charge is 2.32. The van der Waals surface area contributed by atoms with Gasteiger partial charge in [0, 0.05) is 25.5 Å². The molecule has 1 unspecified atom stereocenters. The molecular weight excluding hydrogens is 256 g/mol. The fourth-order valence-corrected chi connectivity index (χ4v) is 2.85. The predicted octanol–water partition coefficient (Wildman–Crippen LogP) is 1.72. The van der Waals surface area contributed by atoms with Crippen LogP contribution in [-0.4, -0.2) is 28.0 Å². The van der Waals surface area contributed by atoms with E-state index < -0.39 is 0 Å². The Bertz CT molecular complexity index is 681. The number of carbonyl (C=O) groups is 2. The van der Waals surface area contributed by atoms with E-state index in [1.54, 1.807) is 16.7 Å². The predicted molar refractivity (Wildman–Crippen MR) is 72.7 cm³/mol. The van der Waals surface area contributed by atoms with E-state index in [9.17, 15) is 9.59 Å². The lowest BCUT2D eigenvalue weighted by molar-refractivity contribution is -0.142. The molecule has 0 aromatic carbocycles. The molecule has 5 nitrogen and oxygen atoms in total. The Labute approximate surface area is 116 Å². The zero-order chi connectivity index (χ0) is 14.3. The summed E-state index contributed by atoms with van der Waals surface area (Å²) < 4.78 is 8.54. The fraction of sp³-hybridized carbons (Fsp3) is 0.333. The molecule has 0 aliphatic carbocycles. The van der Waals surface area contributed by atoms with Gasteiger partial charge in [0.15, 0.2) is 0 Å². The van der Waals surface area contributed by atoms with Gasteiger partial charge in [0.2, 0.25) is 5.78 Å². The first kappa shape index (κ1) is 12.7. The maximum absolute atomic E-state index is 12.5. The quantitative estimate of drug-likeness (QED) is 0.631. The van der Waals surface area contributed by atoms with Crippen LogP contribution in [0.3, 0.4) is 0 Å². The van der Waals surface area contributed by atoms with Crippen molar-refractivity contribution in [2.45, 2.75) is 18.9 Å². The van der Waals surface area contributed by atoms with E-state index in [0.717, 1.165) is 5.69 Å². The number of carbonyl (C=O) groups excluding carboxylic acids is 2.